The average Bonchev–Trinajstić information content (AvgIpc) is 2.15. The first-order valence-corrected chi connectivity index (χ1v) is 6.04. The van der Waals surface area contributed by atoms with Crippen molar-refractivity contribution in [2.24, 2.45) is 0 Å². The topological polar surface area (TPSA) is 0 Å². The van der Waals surface area contributed by atoms with Crippen LogP contribution in [0.5, 0.6) is 0 Å². The largest absolute Gasteiger partial charge is 0.150 e. The van der Waals surface area contributed by atoms with Crippen molar-refractivity contribution in [2.75, 3.05) is 0 Å². The molecular weight excluding hydrogens is 188 g/mol. The molecule has 1 rings (SSSR count). The van der Waals surface area contributed by atoms with Crippen LogP contribution in [-0.2, 0) is 5.75 Å². The maximum absolute atomic E-state index is 2.31. The quantitative estimate of drug-likeness (QED) is 0.663. The fourth-order valence-corrected chi connectivity index (χ4v) is 2.34. The highest BCUT2D eigenvalue weighted by Gasteiger charge is 1.98. The van der Waals surface area contributed by atoms with Gasteiger partial charge in [-0.3, -0.25) is 0 Å². The third-order valence-electron chi connectivity index (χ3n) is 1.92. The Bertz CT molecular complexity index is 283. The summed E-state index contributed by atoms with van der Waals surface area (Å²) in [5.74, 6) is 1.10. The van der Waals surface area contributed by atoms with Crippen molar-refractivity contribution in [1.29, 1.82) is 0 Å². The molecule has 1 aromatic carbocycles. The predicted octanol–water partition coefficient (Wildman–Crippen LogP) is 4.27. The van der Waals surface area contributed by atoms with Gasteiger partial charge in [0, 0.05) is 11.0 Å². The molecule has 0 radical (unpaired) electrons. The van der Waals surface area contributed by atoms with E-state index in [9.17, 15) is 0 Å². The summed E-state index contributed by atoms with van der Waals surface area (Å²) in [4.78, 5) is 0. The number of thioether (sulfide) groups is 1. The minimum atomic E-state index is 0.611. The SMILES string of the molecule is CC(C)=CC(C)SCc1ccccc1. The Balaban J connectivity index is 2.38. The number of benzene rings is 1. The van der Waals surface area contributed by atoms with Crippen molar-refractivity contribution in [2.45, 2.75) is 31.8 Å². The lowest BCUT2D eigenvalue weighted by molar-refractivity contribution is 1.19. The van der Waals surface area contributed by atoms with Gasteiger partial charge in [0.15, 0.2) is 0 Å². The molecule has 76 valence electrons. The molecule has 0 aliphatic heterocycles. The van der Waals surface area contributed by atoms with Crippen molar-refractivity contribution in [3.8, 4) is 0 Å². The minimum absolute atomic E-state index is 0.611. The normalized spacial score (nSPS) is 12.2. The molecule has 0 heterocycles. The van der Waals surface area contributed by atoms with Crippen LogP contribution < -0.4 is 0 Å². The zero-order valence-corrected chi connectivity index (χ0v) is 9.97. The van der Waals surface area contributed by atoms with Crippen molar-refractivity contribution >= 4 is 11.8 Å². The van der Waals surface area contributed by atoms with Gasteiger partial charge in [0.1, 0.15) is 0 Å². The molecule has 14 heavy (non-hydrogen) atoms. The van der Waals surface area contributed by atoms with E-state index in [4.69, 9.17) is 0 Å². The lowest BCUT2D eigenvalue weighted by atomic mass is 10.2. The van der Waals surface area contributed by atoms with Crippen LogP contribution in [0, 0.1) is 0 Å². The maximum Gasteiger partial charge on any atom is 0.0204 e. The minimum Gasteiger partial charge on any atom is -0.150 e. The van der Waals surface area contributed by atoms with E-state index < -0.39 is 0 Å². The van der Waals surface area contributed by atoms with Crippen LogP contribution in [0.3, 0.4) is 0 Å². The molecule has 1 atom stereocenters. The van der Waals surface area contributed by atoms with Crippen LogP contribution in [0.2, 0.25) is 0 Å². The van der Waals surface area contributed by atoms with Gasteiger partial charge >= 0.3 is 0 Å². The van der Waals surface area contributed by atoms with E-state index in [0.717, 1.165) is 5.75 Å². The summed E-state index contributed by atoms with van der Waals surface area (Å²) in [7, 11) is 0. The van der Waals surface area contributed by atoms with E-state index in [-0.39, 0.29) is 0 Å². The van der Waals surface area contributed by atoms with Crippen LogP contribution in [0.15, 0.2) is 42.0 Å². The Kier molecular flexibility index (Phi) is 4.81. The smallest absolute Gasteiger partial charge is 0.0204 e. The number of hydrogen-bond acceptors (Lipinski definition) is 1. The Morgan fingerprint density at radius 1 is 1.29 bits per heavy atom. The summed E-state index contributed by atoms with van der Waals surface area (Å²) < 4.78 is 0. The number of allylic oxidation sites excluding steroid dienone is 1. The van der Waals surface area contributed by atoms with Gasteiger partial charge in [-0.25, -0.2) is 0 Å². The zero-order chi connectivity index (χ0) is 10.4. The van der Waals surface area contributed by atoms with E-state index in [1.165, 1.54) is 11.1 Å². The average molecular weight is 206 g/mol. The third kappa shape index (κ3) is 4.52. The Morgan fingerprint density at radius 3 is 2.50 bits per heavy atom. The fraction of sp³-hybridized carbons (Fsp3) is 0.385. The van der Waals surface area contributed by atoms with Gasteiger partial charge in [0.25, 0.3) is 0 Å². The molecule has 0 saturated heterocycles. The van der Waals surface area contributed by atoms with Crippen LogP contribution in [-0.4, -0.2) is 5.25 Å². The molecule has 0 amide bonds. The van der Waals surface area contributed by atoms with Gasteiger partial charge in [0.05, 0.1) is 0 Å². The van der Waals surface area contributed by atoms with Gasteiger partial charge in [-0.15, -0.1) is 11.8 Å². The van der Waals surface area contributed by atoms with E-state index in [1.54, 1.807) is 0 Å². The highest BCUT2D eigenvalue weighted by molar-refractivity contribution is 7.99. The summed E-state index contributed by atoms with van der Waals surface area (Å²) in [5.41, 5.74) is 2.81. The lowest BCUT2D eigenvalue weighted by Gasteiger charge is -2.06. The van der Waals surface area contributed by atoms with Crippen LogP contribution in [0.25, 0.3) is 0 Å². The number of hydrogen-bond donors (Lipinski definition) is 0. The van der Waals surface area contributed by atoms with E-state index in [0.29, 0.717) is 5.25 Å². The molecule has 0 spiro atoms. The molecule has 0 bridgehead atoms. The highest BCUT2D eigenvalue weighted by atomic mass is 32.2. The molecule has 0 saturated carbocycles. The lowest BCUT2D eigenvalue weighted by Crippen LogP contribution is -1.92. The summed E-state index contributed by atoms with van der Waals surface area (Å²) in [6, 6.07) is 10.6. The second-order valence-electron chi connectivity index (χ2n) is 3.75. The van der Waals surface area contributed by atoms with Crippen molar-refractivity contribution in [1.82, 2.24) is 0 Å². The Morgan fingerprint density at radius 2 is 1.93 bits per heavy atom. The second kappa shape index (κ2) is 5.92. The molecule has 0 nitrogen and oxygen atoms in total. The molecular formula is C13H18S. The summed E-state index contributed by atoms with van der Waals surface area (Å²) in [5, 5.41) is 0.611. The van der Waals surface area contributed by atoms with Gasteiger partial charge < -0.3 is 0 Å². The highest BCUT2D eigenvalue weighted by Crippen LogP contribution is 2.19. The summed E-state index contributed by atoms with van der Waals surface area (Å²) in [6.45, 7) is 6.56. The van der Waals surface area contributed by atoms with Crippen molar-refractivity contribution in [3.63, 3.8) is 0 Å². The van der Waals surface area contributed by atoms with E-state index in [2.05, 4.69) is 57.2 Å². The van der Waals surface area contributed by atoms with Gasteiger partial charge in [0.2, 0.25) is 0 Å². The first-order chi connectivity index (χ1) is 6.68. The predicted molar refractivity (Wildman–Crippen MR) is 66.6 cm³/mol. The summed E-state index contributed by atoms with van der Waals surface area (Å²) >= 11 is 1.98. The third-order valence-corrected chi connectivity index (χ3v) is 3.09. The van der Waals surface area contributed by atoms with Gasteiger partial charge in [-0.05, 0) is 26.3 Å². The Labute approximate surface area is 91.4 Å². The first kappa shape index (κ1) is 11.4. The molecule has 0 aliphatic carbocycles. The molecule has 0 fully saturated rings. The molecule has 0 N–H and O–H groups in total. The van der Waals surface area contributed by atoms with Gasteiger partial charge in [-0.1, -0.05) is 42.0 Å². The van der Waals surface area contributed by atoms with E-state index >= 15 is 0 Å². The first-order valence-electron chi connectivity index (χ1n) is 4.99. The fourth-order valence-electron chi connectivity index (χ4n) is 1.32. The summed E-state index contributed by atoms with van der Waals surface area (Å²) in [6.07, 6.45) is 2.31. The molecule has 0 aliphatic rings. The maximum atomic E-state index is 2.31. The van der Waals surface area contributed by atoms with Crippen LogP contribution in [0.4, 0.5) is 0 Å². The van der Waals surface area contributed by atoms with Crippen molar-refractivity contribution < 1.29 is 0 Å². The molecule has 1 aromatic rings. The van der Waals surface area contributed by atoms with Crippen LogP contribution in [0.1, 0.15) is 26.3 Å². The zero-order valence-electron chi connectivity index (χ0n) is 9.16. The van der Waals surface area contributed by atoms with Crippen molar-refractivity contribution in [3.05, 3.63) is 47.5 Å². The molecule has 0 aromatic heterocycles. The number of rotatable bonds is 4. The van der Waals surface area contributed by atoms with Gasteiger partial charge in [-0.2, -0.15) is 0 Å². The molecule has 1 unspecified atom stereocenters. The monoisotopic (exact) mass is 206 g/mol. The van der Waals surface area contributed by atoms with Crippen LogP contribution >= 0.6 is 11.8 Å². The molecule has 1 heteroatoms. The second-order valence-corrected chi connectivity index (χ2v) is 5.11. The standard InChI is InChI=1S/C13H18S/c1-11(2)9-12(3)14-10-13-7-5-4-6-8-13/h4-9,12H,10H2,1-3H3. The Hall–Kier alpha value is -0.690. The van der Waals surface area contributed by atoms with E-state index in [1.807, 2.05) is 11.8 Å².